The molecule has 0 aliphatic rings. The van der Waals surface area contributed by atoms with Crippen LogP contribution in [0.4, 0.5) is 10.1 Å². The molecular formula is C11H10ClFN2. The lowest BCUT2D eigenvalue weighted by atomic mass is 10.3. The van der Waals surface area contributed by atoms with E-state index in [0.29, 0.717) is 6.54 Å². The molecular weight excluding hydrogens is 215 g/mol. The van der Waals surface area contributed by atoms with E-state index in [9.17, 15) is 4.39 Å². The fraction of sp³-hybridized carbons (Fsp3) is 0.182. The van der Waals surface area contributed by atoms with E-state index in [4.69, 9.17) is 16.9 Å². The minimum Gasteiger partial charge on any atom is -0.371 e. The van der Waals surface area contributed by atoms with E-state index in [0.717, 1.165) is 5.69 Å². The predicted octanol–water partition coefficient (Wildman–Crippen LogP) is 3.00. The highest BCUT2D eigenvalue weighted by Crippen LogP contribution is 2.20. The van der Waals surface area contributed by atoms with Gasteiger partial charge in [0.1, 0.15) is 5.82 Å². The molecule has 0 aliphatic heterocycles. The van der Waals surface area contributed by atoms with Crippen molar-refractivity contribution in [3.05, 3.63) is 41.2 Å². The molecule has 0 saturated carbocycles. The van der Waals surface area contributed by atoms with Gasteiger partial charge in [0.15, 0.2) is 0 Å². The molecule has 0 unspecified atom stereocenters. The third-order valence-electron chi connectivity index (χ3n) is 1.92. The molecule has 0 spiro atoms. The van der Waals surface area contributed by atoms with Gasteiger partial charge >= 0.3 is 0 Å². The van der Waals surface area contributed by atoms with Gasteiger partial charge in [0.25, 0.3) is 0 Å². The first-order valence-corrected chi connectivity index (χ1v) is 4.73. The molecule has 0 aromatic heterocycles. The van der Waals surface area contributed by atoms with Gasteiger partial charge < -0.3 is 4.90 Å². The second-order valence-electron chi connectivity index (χ2n) is 3.01. The SMILES string of the molecule is CN(C/C=C/C#N)c1ccc(Cl)c(F)c1. The minimum absolute atomic E-state index is 0.111. The molecule has 0 N–H and O–H groups in total. The summed E-state index contributed by atoms with van der Waals surface area (Å²) in [6, 6.07) is 6.49. The molecule has 1 aromatic rings. The number of benzene rings is 1. The molecule has 78 valence electrons. The number of nitriles is 1. The summed E-state index contributed by atoms with van der Waals surface area (Å²) in [5, 5.41) is 8.41. The van der Waals surface area contributed by atoms with Crippen molar-refractivity contribution in [1.29, 1.82) is 5.26 Å². The Hall–Kier alpha value is -1.53. The van der Waals surface area contributed by atoms with Crippen LogP contribution in [-0.2, 0) is 0 Å². The number of hydrogen-bond acceptors (Lipinski definition) is 2. The Morgan fingerprint density at radius 2 is 2.33 bits per heavy atom. The maximum atomic E-state index is 13.1. The lowest BCUT2D eigenvalue weighted by Crippen LogP contribution is -2.16. The topological polar surface area (TPSA) is 27.0 Å². The molecule has 0 aliphatic carbocycles. The number of nitrogens with zero attached hydrogens (tertiary/aromatic N) is 2. The first-order valence-electron chi connectivity index (χ1n) is 4.36. The van der Waals surface area contributed by atoms with E-state index in [1.54, 1.807) is 12.1 Å². The molecule has 4 heteroatoms. The molecule has 1 rings (SSSR count). The Labute approximate surface area is 93.2 Å². The van der Waals surface area contributed by atoms with Crippen LogP contribution in [0.5, 0.6) is 0 Å². The lowest BCUT2D eigenvalue weighted by molar-refractivity contribution is 0.628. The molecule has 0 fully saturated rings. The summed E-state index contributed by atoms with van der Waals surface area (Å²) in [6.45, 7) is 0.550. The molecule has 2 nitrogen and oxygen atoms in total. The smallest absolute Gasteiger partial charge is 0.143 e. The fourth-order valence-electron chi connectivity index (χ4n) is 1.09. The third kappa shape index (κ3) is 3.26. The van der Waals surface area contributed by atoms with Crippen molar-refractivity contribution in [2.24, 2.45) is 0 Å². The Kier molecular flexibility index (Phi) is 4.14. The second kappa shape index (κ2) is 5.38. The van der Waals surface area contributed by atoms with Crippen LogP contribution in [0.25, 0.3) is 0 Å². The minimum atomic E-state index is -0.440. The first-order chi connectivity index (χ1) is 7.15. The standard InChI is InChI=1S/C11H10ClFN2/c1-15(7-3-2-6-14)9-4-5-10(12)11(13)8-9/h2-5,8H,7H2,1H3/b3-2+. The molecule has 15 heavy (non-hydrogen) atoms. The normalized spacial score (nSPS) is 10.3. The Bertz CT molecular complexity index is 410. The summed E-state index contributed by atoms with van der Waals surface area (Å²) in [5.74, 6) is -0.440. The van der Waals surface area contributed by atoms with Crippen LogP contribution in [-0.4, -0.2) is 13.6 Å². The van der Waals surface area contributed by atoms with Crippen molar-refractivity contribution in [3.63, 3.8) is 0 Å². The first kappa shape index (κ1) is 11.5. The lowest BCUT2D eigenvalue weighted by Gasteiger charge is -2.17. The van der Waals surface area contributed by atoms with Crippen molar-refractivity contribution in [3.8, 4) is 6.07 Å². The number of hydrogen-bond donors (Lipinski definition) is 0. The van der Waals surface area contributed by atoms with Crippen LogP contribution in [0.15, 0.2) is 30.4 Å². The molecule has 0 heterocycles. The van der Waals surface area contributed by atoms with Crippen molar-refractivity contribution in [2.45, 2.75) is 0 Å². The van der Waals surface area contributed by atoms with Crippen LogP contribution in [0.3, 0.4) is 0 Å². The monoisotopic (exact) mass is 224 g/mol. The van der Waals surface area contributed by atoms with Gasteiger partial charge in [-0.3, -0.25) is 0 Å². The number of allylic oxidation sites excluding steroid dienone is 1. The zero-order chi connectivity index (χ0) is 11.3. The molecule has 0 saturated heterocycles. The van der Waals surface area contributed by atoms with E-state index >= 15 is 0 Å². The summed E-state index contributed by atoms with van der Waals surface area (Å²) in [5.41, 5.74) is 0.722. The highest BCUT2D eigenvalue weighted by molar-refractivity contribution is 6.30. The Balaban J connectivity index is 2.74. The average Bonchev–Trinajstić information content (AvgIpc) is 2.22. The highest BCUT2D eigenvalue weighted by atomic mass is 35.5. The van der Waals surface area contributed by atoms with E-state index in [-0.39, 0.29) is 5.02 Å². The number of likely N-dealkylation sites (N-methyl/N-ethyl adjacent to an activating group) is 1. The van der Waals surface area contributed by atoms with Gasteiger partial charge in [-0.25, -0.2) is 4.39 Å². The maximum Gasteiger partial charge on any atom is 0.143 e. The van der Waals surface area contributed by atoms with Crippen molar-refractivity contribution >= 4 is 17.3 Å². The van der Waals surface area contributed by atoms with Gasteiger partial charge in [-0.05, 0) is 18.2 Å². The predicted molar refractivity (Wildman–Crippen MR) is 59.4 cm³/mol. The highest BCUT2D eigenvalue weighted by Gasteiger charge is 2.03. The fourth-order valence-corrected chi connectivity index (χ4v) is 1.21. The van der Waals surface area contributed by atoms with Gasteiger partial charge in [-0.2, -0.15) is 5.26 Å². The van der Waals surface area contributed by atoms with E-state index < -0.39 is 5.82 Å². The van der Waals surface area contributed by atoms with E-state index in [1.807, 2.05) is 18.0 Å². The summed E-state index contributed by atoms with van der Waals surface area (Å²) in [7, 11) is 1.81. The summed E-state index contributed by atoms with van der Waals surface area (Å²) in [4.78, 5) is 1.81. The number of rotatable bonds is 3. The summed E-state index contributed by atoms with van der Waals surface area (Å²) >= 11 is 5.56. The average molecular weight is 225 g/mol. The maximum absolute atomic E-state index is 13.1. The largest absolute Gasteiger partial charge is 0.371 e. The van der Waals surface area contributed by atoms with Gasteiger partial charge in [0, 0.05) is 25.4 Å². The Morgan fingerprint density at radius 3 is 2.93 bits per heavy atom. The van der Waals surface area contributed by atoms with Crippen LogP contribution in [0, 0.1) is 17.1 Å². The third-order valence-corrected chi connectivity index (χ3v) is 2.22. The zero-order valence-electron chi connectivity index (χ0n) is 8.24. The quantitative estimate of drug-likeness (QED) is 0.738. The van der Waals surface area contributed by atoms with Gasteiger partial charge in [0.2, 0.25) is 0 Å². The van der Waals surface area contributed by atoms with Crippen LogP contribution in [0.1, 0.15) is 0 Å². The zero-order valence-corrected chi connectivity index (χ0v) is 9.00. The summed E-state index contributed by atoms with van der Waals surface area (Å²) < 4.78 is 13.1. The van der Waals surface area contributed by atoms with E-state index in [2.05, 4.69) is 0 Å². The molecule has 1 aromatic carbocycles. The van der Waals surface area contributed by atoms with Crippen molar-refractivity contribution in [2.75, 3.05) is 18.5 Å². The van der Waals surface area contributed by atoms with Crippen molar-refractivity contribution in [1.82, 2.24) is 0 Å². The van der Waals surface area contributed by atoms with Gasteiger partial charge in [-0.15, -0.1) is 0 Å². The number of anilines is 1. The molecule has 0 amide bonds. The number of halogens is 2. The van der Waals surface area contributed by atoms with Crippen LogP contribution in [0.2, 0.25) is 5.02 Å². The molecule has 0 bridgehead atoms. The van der Waals surface area contributed by atoms with Gasteiger partial charge in [-0.1, -0.05) is 17.7 Å². The van der Waals surface area contributed by atoms with Crippen LogP contribution >= 0.6 is 11.6 Å². The molecule has 0 radical (unpaired) electrons. The second-order valence-corrected chi connectivity index (χ2v) is 3.42. The summed E-state index contributed by atoms with van der Waals surface area (Å²) in [6.07, 6.45) is 3.09. The molecule has 0 atom stereocenters. The van der Waals surface area contributed by atoms with E-state index in [1.165, 1.54) is 18.2 Å². The Morgan fingerprint density at radius 1 is 1.60 bits per heavy atom. The van der Waals surface area contributed by atoms with Crippen LogP contribution < -0.4 is 4.90 Å². The van der Waals surface area contributed by atoms with Gasteiger partial charge in [0.05, 0.1) is 11.1 Å². The van der Waals surface area contributed by atoms with Crippen molar-refractivity contribution < 1.29 is 4.39 Å².